The number of methoxy groups -OCH3 is 1. The summed E-state index contributed by atoms with van der Waals surface area (Å²) in [6.45, 7) is 4.39. The molecule has 1 aromatic carbocycles. The Hall–Kier alpha value is -1.81. The van der Waals surface area contributed by atoms with Crippen LogP contribution in [0.4, 0.5) is 5.69 Å². The van der Waals surface area contributed by atoms with Crippen molar-refractivity contribution >= 4 is 16.6 Å². The number of fused-ring (bicyclic) bond motifs is 2. The zero-order chi connectivity index (χ0) is 17.9. The van der Waals surface area contributed by atoms with E-state index in [0.29, 0.717) is 6.04 Å². The molecule has 0 spiro atoms. The number of anilines is 1. The smallest absolute Gasteiger partial charge is 0.122 e. The summed E-state index contributed by atoms with van der Waals surface area (Å²) in [5, 5.41) is 8.64. The van der Waals surface area contributed by atoms with E-state index in [4.69, 9.17) is 9.72 Å². The Kier molecular flexibility index (Phi) is 5.30. The molecule has 2 heterocycles. The second kappa shape index (κ2) is 7.83. The molecule has 2 aliphatic rings. The third-order valence-electron chi connectivity index (χ3n) is 5.98. The van der Waals surface area contributed by atoms with Gasteiger partial charge in [0.2, 0.25) is 0 Å². The molecule has 0 unspecified atom stereocenters. The number of rotatable bonds is 4. The highest BCUT2D eigenvalue weighted by molar-refractivity contribution is 5.95. The standard InChI is InChI=1S/C22H31N3O/c1-3-15-13-20-18(14-21(15)26-2)22(24-16-9-11-23-12-10-16)17-7-5-4-6-8-19(17)25-20/h13-14,16,23H,3-12H2,1-2H3,(H,24,25). The predicted octanol–water partition coefficient (Wildman–Crippen LogP) is 4.24. The second-order valence-electron chi connectivity index (χ2n) is 7.68. The monoisotopic (exact) mass is 353 g/mol. The quantitative estimate of drug-likeness (QED) is 0.807. The molecule has 2 N–H and O–H groups in total. The van der Waals surface area contributed by atoms with Crippen molar-refractivity contribution in [2.45, 2.75) is 64.3 Å². The number of nitrogens with one attached hydrogen (secondary N) is 2. The maximum absolute atomic E-state index is 5.69. The van der Waals surface area contributed by atoms with E-state index in [0.717, 1.165) is 43.6 Å². The molecule has 140 valence electrons. The molecule has 1 aliphatic heterocycles. The third-order valence-corrected chi connectivity index (χ3v) is 5.98. The fraction of sp³-hybridized carbons (Fsp3) is 0.591. The maximum Gasteiger partial charge on any atom is 0.122 e. The van der Waals surface area contributed by atoms with Crippen LogP contribution in [0.1, 0.15) is 55.8 Å². The van der Waals surface area contributed by atoms with Gasteiger partial charge in [-0.3, -0.25) is 4.98 Å². The lowest BCUT2D eigenvalue weighted by molar-refractivity contribution is 0.411. The number of benzene rings is 1. The zero-order valence-electron chi connectivity index (χ0n) is 16.2. The van der Waals surface area contributed by atoms with Crippen molar-refractivity contribution in [3.05, 3.63) is 29.0 Å². The number of pyridine rings is 1. The summed E-state index contributed by atoms with van der Waals surface area (Å²) in [6, 6.07) is 5.01. The molecule has 26 heavy (non-hydrogen) atoms. The van der Waals surface area contributed by atoms with Crippen LogP contribution < -0.4 is 15.4 Å². The molecule has 1 aromatic heterocycles. The first-order valence-corrected chi connectivity index (χ1v) is 10.3. The van der Waals surface area contributed by atoms with Gasteiger partial charge in [0, 0.05) is 22.8 Å². The fourth-order valence-electron chi connectivity index (χ4n) is 4.47. The highest BCUT2D eigenvalue weighted by atomic mass is 16.5. The highest BCUT2D eigenvalue weighted by Gasteiger charge is 2.21. The summed E-state index contributed by atoms with van der Waals surface area (Å²) >= 11 is 0. The van der Waals surface area contributed by atoms with Gasteiger partial charge in [-0.25, -0.2) is 0 Å². The van der Waals surface area contributed by atoms with E-state index in [-0.39, 0.29) is 0 Å². The Labute approximate surface area is 156 Å². The summed E-state index contributed by atoms with van der Waals surface area (Å²) in [7, 11) is 1.77. The van der Waals surface area contributed by atoms with Gasteiger partial charge in [0.15, 0.2) is 0 Å². The van der Waals surface area contributed by atoms with E-state index in [1.54, 1.807) is 7.11 Å². The normalized spacial score (nSPS) is 18.4. The SMILES string of the molecule is CCc1cc2nc3c(c(NC4CCNCC4)c2cc1OC)CCCCC3. The minimum absolute atomic E-state index is 0.547. The van der Waals surface area contributed by atoms with Crippen LogP contribution in [0, 0.1) is 0 Å². The molecular formula is C22H31N3O. The van der Waals surface area contributed by atoms with E-state index >= 15 is 0 Å². The van der Waals surface area contributed by atoms with Crippen molar-refractivity contribution in [3.8, 4) is 5.75 Å². The van der Waals surface area contributed by atoms with Crippen LogP contribution in [0.25, 0.3) is 10.9 Å². The molecule has 1 saturated heterocycles. The van der Waals surface area contributed by atoms with E-state index in [9.17, 15) is 0 Å². The second-order valence-corrected chi connectivity index (χ2v) is 7.68. The highest BCUT2D eigenvalue weighted by Crippen LogP contribution is 2.37. The number of aromatic nitrogens is 1. The van der Waals surface area contributed by atoms with Gasteiger partial charge in [0.05, 0.1) is 12.6 Å². The summed E-state index contributed by atoms with van der Waals surface area (Å²) in [5.74, 6) is 0.990. The molecule has 0 amide bonds. The summed E-state index contributed by atoms with van der Waals surface area (Å²) < 4.78 is 5.69. The van der Waals surface area contributed by atoms with Gasteiger partial charge in [-0.2, -0.15) is 0 Å². The van der Waals surface area contributed by atoms with Gasteiger partial charge >= 0.3 is 0 Å². The lowest BCUT2D eigenvalue weighted by Crippen LogP contribution is -2.35. The van der Waals surface area contributed by atoms with Gasteiger partial charge in [0.1, 0.15) is 5.75 Å². The number of hydrogen-bond acceptors (Lipinski definition) is 4. The summed E-state index contributed by atoms with van der Waals surface area (Å²) in [6.07, 6.45) is 9.42. The maximum atomic E-state index is 5.69. The number of hydrogen-bond donors (Lipinski definition) is 2. The zero-order valence-corrected chi connectivity index (χ0v) is 16.2. The van der Waals surface area contributed by atoms with Gasteiger partial charge in [-0.05, 0) is 81.3 Å². The fourth-order valence-corrected chi connectivity index (χ4v) is 4.47. The topological polar surface area (TPSA) is 46.2 Å². The van der Waals surface area contributed by atoms with Crippen LogP contribution in [0.3, 0.4) is 0 Å². The minimum Gasteiger partial charge on any atom is -0.496 e. The van der Waals surface area contributed by atoms with Crippen LogP contribution in [-0.2, 0) is 19.3 Å². The van der Waals surface area contributed by atoms with Gasteiger partial charge in [-0.1, -0.05) is 13.3 Å². The van der Waals surface area contributed by atoms with E-state index < -0.39 is 0 Å². The number of nitrogens with zero attached hydrogens (tertiary/aromatic N) is 1. The summed E-state index contributed by atoms with van der Waals surface area (Å²) in [5.41, 5.74) is 6.48. The molecule has 4 heteroatoms. The third kappa shape index (κ3) is 3.39. The van der Waals surface area contributed by atoms with E-state index in [1.807, 2.05) is 0 Å². The van der Waals surface area contributed by atoms with E-state index in [2.05, 4.69) is 29.7 Å². The molecule has 1 fully saturated rings. The van der Waals surface area contributed by atoms with Crippen LogP contribution in [0.5, 0.6) is 5.75 Å². The van der Waals surface area contributed by atoms with Crippen LogP contribution >= 0.6 is 0 Å². The lowest BCUT2D eigenvalue weighted by atomic mass is 9.97. The first kappa shape index (κ1) is 17.6. The van der Waals surface area contributed by atoms with Crippen molar-refractivity contribution in [3.63, 3.8) is 0 Å². The largest absolute Gasteiger partial charge is 0.496 e. The molecular weight excluding hydrogens is 322 g/mol. The molecule has 0 bridgehead atoms. The van der Waals surface area contributed by atoms with Gasteiger partial charge in [-0.15, -0.1) is 0 Å². The van der Waals surface area contributed by atoms with Crippen LogP contribution in [-0.4, -0.2) is 31.2 Å². The van der Waals surface area contributed by atoms with Crippen LogP contribution in [0.15, 0.2) is 12.1 Å². The number of piperidine rings is 1. The van der Waals surface area contributed by atoms with E-state index in [1.165, 1.54) is 60.0 Å². The van der Waals surface area contributed by atoms with Crippen molar-refractivity contribution in [1.29, 1.82) is 0 Å². The Morgan fingerprint density at radius 1 is 1.15 bits per heavy atom. The molecule has 0 radical (unpaired) electrons. The minimum atomic E-state index is 0.547. The molecule has 0 saturated carbocycles. The van der Waals surface area contributed by atoms with Gasteiger partial charge < -0.3 is 15.4 Å². The average molecular weight is 354 g/mol. The van der Waals surface area contributed by atoms with Crippen molar-refractivity contribution in [2.75, 3.05) is 25.5 Å². The average Bonchev–Trinajstić information content (AvgIpc) is 2.93. The molecule has 1 aliphatic carbocycles. The van der Waals surface area contributed by atoms with Crippen LogP contribution in [0.2, 0.25) is 0 Å². The molecule has 0 atom stereocenters. The first-order valence-electron chi connectivity index (χ1n) is 10.3. The Bertz CT molecular complexity index is 781. The Balaban J connectivity index is 1.86. The predicted molar refractivity (Wildman–Crippen MR) is 108 cm³/mol. The summed E-state index contributed by atoms with van der Waals surface area (Å²) in [4.78, 5) is 5.11. The Morgan fingerprint density at radius 2 is 1.96 bits per heavy atom. The van der Waals surface area contributed by atoms with Gasteiger partial charge in [0.25, 0.3) is 0 Å². The molecule has 4 rings (SSSR count). The lowest BCUT2D eigenvalue weighted by Gasteiger charge is -2.27. The number of aryl methyl sites for hydroxylation is 2. The van der Waals surface area contributed by atoms with Crippen molar-refractivity contribution in [2.24, 2.45) is 0 Å². The molecule has 2 aromatic rings. The first-order chi connectivity index (χ1) is 12.8. The molecule has 4 nitrogen and oxygen atoms in total. The number of ether oxygens (including phenoxy) is 1. The van der Waals surface area contributed by atoms with Crippen molar-refractivity contribution in [1.82, 2.24) is 10.3 Å². The van der Waals surface area contributed by atoms with Crippen molar-refractivity contribution < 1.29 is 4.74 Å². The Morgan fingerprint density at radius 3 is 2.73 bits per heavy atom.